The molecule has 2 aromatic heterocycles. The fourth-order valence-electron chi connectivity index (χ4n) is 1.12. The molecule has 0 N–H and O–H groups in total. The smallest absolute Gasteiger partial charge is 0.314 e. The van der Waals surface area contributed by atoms with E-state index in [2.05, 4.69) is 10.2 Å². The highest BCUT2D eigenvalue weighted by molar-refractivity contribution is 5.51. The highest BCUT2D eigenvalue weighted by atomic mass is 19.3. The van der Waals surface area contributed by atoms with Crippen LogP contribution in [0, 0.1) is 0 Å². The number of aryl methyl sites for hydroxylation is 1. The molecule has 0 aliphatic rings. The van der Waals surface area contributed by atoms with Gasteiger partial charge in [-0.25, -0.2) is 0 Å². The lowest BCUT2D eigenvalue weighted by atomic mass is 10.3. The molecule has 80 valence electrons. The van der Waals surface area contributed by atoms with Crippen LogP contribution < -0.4 is 0 Å². The van der Waals surface area contributed by atoms with E-state index in [9.17, 15) is 8.78 Å². The zero-order chi connectivity index (χ0) is 10.8. The van der Waals surface area contributed by atoms with Gasteiger partial charge in [0.2, 0.25) is 0 Å². The molecule has 0 atom stereocenters. The second-order valence-corrected chi connectivity index (χ2v) is 2.90. The normalized spacial score (nSPS) is 11.2. The van der Waals surface area contributed by atoms with Crippen molar-refractivity contribution >= 4 is 0 Å². The lowest BCUT2D eigenvalue weighted by Gasteiger charge is -1.87. The minimum Gasteiger partial charge on any atom is -0.469 e. The zero-order valence-corrected chi connectivity index (χ0v) is 7.91. The summed E-state index contributed by atoms with van der Waals surface area (Å²) in [5, 5.41) is 6.72. The average Bonchev–Trinajstić information content (AvgIpc) is 2.86. The van der Waals surface area contributed by atoms with E-state index < -0.39 is 12.3 Å². The molecular weight excluding hydrogens is 206 g/mol. The molecular formula is C9H8F2N2O2. The topological polar surface area (TPSA) is 52.1 Å². The van der Waals surface area contributed by atoms with Gasteiger partial charge < -0.3 is 8.83 Å². The van der Waals surface area contributed by atoms with Crippen molar-refractivity contribution in [1.82, 2.24) is 10.2 Å². The van der Waals surface area contributed by atoms with Gasteiger partial charge in [0.25, 0.3) is 11.8 Å². The molecule has 15 heavy (non-hydrogen) atoms. The van der Waals surface area contributed by atoms with Crippen molar-refractivity contribution in [3.05, 3.63) is 24.0 Å². The monoisotopic (exact) mass is 214 g/mol. The maximum Gasteiger partial charge on any atom is 0.314 e. The van der Waals surface area contributed by atoms with Gasteiger partial charge in [-0.05, 0) is 6.07 Å². The highest BCUT2D eigenvalue weighted by Gasteiger charge is 2.17. The molecule has 0 unspecified atom stereocenters. The molecule has 0 fully saturated rings. The van der Waals surface area contributed by atoms with Crippen LogP contribution in [-0.4, -0.2) is 10.2 Å². The third-order valence-corrected chi connectivity index (χ3v) is 1.88. The van der Waals surface area contributed by atoms with Crippen LogP contribution in [0.1, 0.15) is 25.0 Å². The van der Waals surface area contributed by atoms with Crippen LogP contribution in [0.2, 0.25) is 0 Å². The largest absolute Gasteiger partial charge is 0.469 e. The predicted octanol–water partition coefficient (Wildman–Crippen LogP) is 2.83. The summed E-state index contributed by atoms with van der Waals surface area (Å²) in [5.74, 6) is 0.111. The summed E-state index contributed by atoms with van der Waals surface area (Å²) < 4.78 is 34.2. The molecule has 0 saturated carbocycles. The van der Waals surface area contributed by atoms with E-state index in [4.69, 9.17) is 8.83 Å². The van der Waals surface area contributed by atoms with Crippen LogP contribution in [0.4, 0.5) is 8.78 Å². The summed E-state index contributed by atoms with van der Waals surface area (Å²) in [4.78, 5) is 0. The molecule has 2 rings (SSSR count). The summed E-state index contributed by atoms with van der Waals surface area (Å²) >= 11 is 0. The van der Waals surface area contributed by atoms with Crippen molar-refractivity contribution in [2.75, 3.05) is 0 Å². The SMILES string of the molecule is CCc1cc(-c2nnc(C(F)F)o2)co1. The first-order chi connectivity index (χ1) is 7.20. The van der Waals surface area contributed by atoms with Crippen molar-refractivity contribution < 1.29 is 17.6 Å². The lowest BCUT2D eigenvalue weighted by Crippen LogP contribution is -1.81. The van der Waals surface area contributed by atoms with Crippen LogP contribution in [0.25, 0.3) is 11.5 Å². The van der Waals surface area contributed by atoms with E-state index >= 15 is 0 Å². The molecule has 0 spiro atoms. The Hall–Kier alpha value is -1.72. The van der Waals surface area contributed by atoms with Crippen molar-refractivity contribution in [2.24, 2.45) is 0 Å². The van der Waals surface area contributed by atoms with Gasteiger partial charge >= 0.3 is 6.43 Å². The molecule has 6 heteroatoms. The third-order valence-electron chi connectivity index (χ3n) is 1.88. The Bertz CT molecular complexity index is 450. The summed E-state index contributed by atoms with van der Waals surface area (Å²) in [5.41, 5.74) is 0.520. The number of hydrogen-bond donors (Lipinski definition) is 0. The fourth-order valence-corrected chi connectivity index (χ4v) is 1.12. The molecule has 0 aliphatic carbocycles. The van der Waals surface area contributed by atoms with Crippen LogP contribution in [0.15, 0.2) is 21.2 Å². The Kier molecular flexibility index (Phi) is 2.49. The van der Waals surface area contributed by atoms with Crippen molar-refractivity contribution in [1.29, 1.82) is 0 Å². The number of furan rings is 1. The molecule has 2 heterocycles. The van der Waals surface area contributed by atoms with Gasteiger partial charge in [0.1, 0.15) is 12.0 Å². The Morgan fingerprint density at radius 2 is 2.20 bits per heavy atom. The standard InChI is InChI=1S/C9H8F2N2O2/c1-2-6-3-5(4-14-6)8-12-13-9(15-8)7(10)11/h3-4,7H,2H2,1H3. The lowest BCUT2D eigenvalue weighted by molar-refractivity contribution is 0.116. The predicted molar refractivity (Wildman–Crippen MR) is 46.3 cm³/mol. The van der Waals surface area contributed by atoms with Crippen LogP contribution in [0.3, 0.4) is 0 Å². The van der Waals surface area contributed by atoms with Crippen molar-refractivity contribution in [3.63, 3.8) is 0 Å². The van der Waals surface area contributed by atoms with Crippen LogP contribution in [0.5, 0.6) is 0 Å². The van der Waals surface area contributed by atoms with Crippen molar-refractivity contribution in [3.8, 4) is 11.5 Å². The van der Waals surface area contributed by atoms with Gasteiger partial charge in [-0.1, -0.05) is 6.92 Å². The second-order valence-electron chi connectivity index (χ2n) is 2.90. The van der Waals surface area contributed by atoms with Gasteiger partial charge in [0.05, 0.1) is 5.56 Å². The highest BCUT2D eigenvalue weighted by Crippen LogP contribution is 2.24. The molecule has 0 aromatic carbocycles. The molecule has 0 aliphatic heterocycles. The molecule has 0 bridgehead atoms. The van der Waals surface area contributed by atoms with Crippen LogP contribution >= 0.6 is 0 Å². The van der Waals surface area contributed by atoms with E-state index in [1.54, 1.807) is 6.07 Å². The average molecular weight is 214 g/mol. The number of rotatable bonds is 3. The summed E-state index contributed by atoms with van der Waals surface area (Å²) in [6.45, 7) is 1.92. The Morgan fingerprint density at radius 3 is 2.73 bits per heavy atom. The van der Waals surface area contributed by atoms with Gasteiger partial charge in [-0.15, -0.1) is 10.2 Å². The zero-order valence-electron chi connectivity index (χ0n) is 7.91. The second kappa shape index (κ2) is 3.80. The number of nitrogens with zero attached hydrogens (tertiary/aromatic N) is 2. The van der Waals surface area contributed by atoms with E-state index in [1.807, 2.05) is 6.92 Å². The summed E-state index contributed by atoms with van der Waals surface area (Å²) in [7, 11) is 0. The number of alkyl halides is 2. The molecule has 4 nitrogen and oxygen atoms in total. The maximum atomic E-state index is 12.1. The van der Waals surface area contributed by atoms with E-state index in [1.165, 1.54) is 6.26 Å². The number of aromatic nitrogens is 2. The number of halogens is 2. The number of hydrogen-bond acceptors (Lipinski definition) is 4. The minimum absolute atomic E-state index is 0.0498. The first kappa shape index (κ1) is 9.82. The minimum atomic E-state index is -2.75. The Labute approximate surface area is 83.9 Å². The Balaban J connectivity index is 2.28. The summed E-state index contributed by atoms with van der Waals surface area (Å²) in [6, 6.07) is 1.68. The third kappa shape index (κ3) is 1.88. The first-order valence-corrected chi connectivity index (χ1v) is 4.40. The van der Waals surface area contributed by atoms with E-state index in [0.717, 1.165) is 12.2 Å². The van der Waals surface area contributed by atoms with Gasteiger partial charge in [0, 0.05) is 6.42 Å². The molecule has 0 saturated heterocycles. The fraction of sp³-hybridized carbons (Fsp3) is 0.333. The Morgan fingerprint density at radius 1 is 1.40 bits per heavy atom. The van der Waals surface area contributed by atoms with Gasteiger partial charge in [-0.3, -0.25) is 0 Å². The first-order valence-electron chi connectivity index (χ1n) is 4.40. The van der Waals surface area contributed by atoms with Crippen molar-refractivity contribution in [2.45, 2.75) is 19.8 Å². The van der Waals surface area contributed by atoms with Crippen LogP contribution in [-0.2, 0) is 6.42 Å². The molecule has 0 amide bonds. The molecule has 2 aromatic rings. The van der Waals surface area contributed by atoms with E-state index in [0.29, 0.717) is 5.56 Å². The van der Waals surface area contributed by atoms with Gasteiger partial charge in [0.15, 0.2) is 0 Å². The maximum absolute atomic E-state index is 12.1. The quantitative estimate of drug-likeness (QED) is 0.788. The van der Waals surface area contributed by atoms with E-state index in [-0.39, 0.29) is 5.89 Å². The summed E-state index contributed by atoms with van der Waals surface area (Å²) in [6.07, 6.45) is -0.624. The van der Waals surface area contributed by atoms with Gasteiger partial charge in [-0.2, -0.15) is 8.78 Å². The molecule has 0 radical (unpaired) electrons.